The molecule has 0 amide bonds. The topological polar surface area (TPSA) is 81.4 Å². The molecule has 0 radical (unpaired) electrons. The minimum absolute atomic E-state index is 0.194. The Kier molecular flexibility index (Phi) is 2.90. The number of nitrogen functional groups attached to an aromatic ring is 1. The van der Waals surface area contributed by atoms with Crippen LogP contribution in [0.25, 0.3) is 0 Å². The highest BCUT2D eigenvalue weighted by Crippen LogP contribution is 2.40. The van der Waals surface area contributed by atoms with Crippen LogP contribution in [0, 0.1) is 0 Å². The average molecular weight is 282 g/mol. The normalized spacial score (nSPS) is 12.7. The fourth-order valence-electron chi connectivity index (χ4n) is 2.66. The van der Waals surface area contributed by atoms with Crippen molar-refractivity contribution >= 4 is 22.9 Å². The van der Waals surface area contributed by atoms with Gasteiger partial charge in [-0.2, -0.15) is 0 Å². The summed E-state index contributed by atoms with van der Waals surface area (Å²) in [7, 11) is 3.16. The number of benzene rings is 2. The summed E-state index contributed by atoms with van der Waals surface area (Å²) in [5.74, 6) is -0.0920. The summed E-state index contributed by atoms with van der Waals surface area (Å²) in [4.78, 5) is 25.4. The van der Waals surface area contributed by atoms with Crippen molar-refractivity contribution in [3.8, 4) is 5.75 Å². The second-order valence-electron chi connectivity index (χ2n) is 4.74. The first-order chi connectivity index (χ1) is 10.1. The van der Waals surface area contributed by atoms with E-state index in [4.69, 9.17) is 10.5 Å². The van der Waals surface area contributed by atoms with Gasteiger partial charge in [0, 0.05) is 29.9 Å². The zero-order chi connectivity index (χ0) is 15.1. The van der Waals surface area contributed by atoms with Gasteiger partial charge in [0.15, 0.2) is 11.6 Å². The van der Waals surface area contributed by atoms with Gasteiger partial charge >= 0.3 is 0 Å². The van der Waals surface area contributed by atoms with Crippen molar-refractivity contribution in [3.63, 3.8) is 0 Å². The number of carbonyl (C=O) groups excluding carboxylic acids is 2. The monoisotopic (exact) mass is 282 g/mol. The molecule has 0 bridgehead atoms. The summed E-state index contributed by atoms with van der Waals surface area (Å²) < 4.78 is 5.20. The van der Waals surface area contributed by atoms with Crippen molar-refractivity contribution in [3.05, 3.63) is 52.6 Å². The molecule has 0 fully saturated rings. The lowest BCUT2D eigenvalue weighted by atomic mass is 9.82. The van der Waals surface area contributed by atoms with Crippen molar-refractivity contribution in [2.24, 2.45) is 0 Å². The lowest BCUT2D eigenvalue weighted by Crippen LogP contribution is -2.24. The van der Waals surface area contributed by atoms with E-state index in [0.29, 0.717) is 28.1 Å². The highest BCUT2D eigenvalue weighted by Gasteiger charge is 2.34. The highest BCUT2D eigenvalue weighted by molar-refractivity contribution is 6.32. The summed E-state index contributed by atoms with van der Waals surface area (Å²) in [6.45, 7) is 0. The summed E-state index contributed by atoms with van der Waals surface area (Å²) >= 11 is 0. The summed E-state index contributed by atoms with van der Waals surface area (Å²) in [5.41, 5.74) is 8.03. The van der Waals surface area contributed by atoms with Crippen LogP contribution in [0.4, 0.5) is 11.4 Å². The van der Waals surface area contributed by atoms with E-state index in [1.165, 1.54) is 7.11 Å². The van der Waals surface area contributed by atoms with Crippen LogP contribution in [0.3, 0.4) is 0 Å². The quantitative estimate of drug-likeness (QED) is 0.703. The first-order valence-electron chi connectivity index (χ1n) is 6.46. The fraction of sp³-hybridized carbons (Fsp3) is 0.125. The van der Waals surface area contributed by atoms with Crippen molar-refractivity contribution in [2.75, 3.05) is 25.2 Å². The molecule has 5 heteroatoms. The van der Waals surface area contributed by atoms with E-state index in [1.54, 1.807) is 37.4 Å². The van der Waals surface area contributed by atoms with Gasteiger partial charge in [-0.15, -0.1) is 0 Å². The second kappa shape index (κ2) is 4.63. The number of ketones is 2. The van der Waals surface area contributed by atoms with Gasteiger partial charge in [0.25, 0.3) is 0 Å². The van der Waals surface area contributed by atoms with E-state index in [1.807, 2.05) is 0 Å². The lowest BCUT2D eigenvalue weighted by molar-refractivity contribution is 0.0980. The molecule has 0 aromatic heterocycles. The molecule has 0 saturated carbocycles. The van der Waals surface area contributed by atoms with Crippen molar-refractivity contribution < 1.29 is 14.3 Å². The molecule has 1 aliphatic carbocycles. The molecule has 2 aromatic rings. The molecule has 5 nitrogen and oxygen atoms in total. The highest BCUT2D eigenvalue weighted by atomic mass is 16.5. The van der Waals surface area contributed by atoms with Crippen LogP contribution < -0.4 is 15.8 Å². The SMILES string of the molecule is CNc1cc(OC)c(N)c2c1C(=O)c1ccccc1C2=O. The van der Waals surface area contributed by atoms with E-state index in [0.717, 1.165) is 0 Å². The Balaban J connectivity index is 2.39. The molecular formula is C16H14N2O3. The van der Waals surface area contributed by atoms with E-state index in [2.05, 4.69) is 5.32 Å². The van der Waals surface area contributed by atoms with Crippen molar-refractivity contribution in [1.29, 1.82) is 0 Å². The number of methoxy groups -OCH3 is 1. The van der Waals surface area contributed by atoms with E-state index in [-0.39, 0.29) is 22.8 Å². The maximum absolute atomic E-state index is 12.7. The third-order valence-electron chi connectivity index (χ3n) is 3.69. The average Bonchev–Trinajstić information content (AvgIpc) is 2.52. The Morgan fingerprint density at radius 1 is 1.05 bits per heavy atom. The van der Waals surface area contributed by atoms with E-state index < -0.39 is 0 Å². The molecule has 0 saturated heterocycles. The molecule has 3 N–H and O–H groups in total. The standard InChI is InChI=1S/C16H14N2O3/c1-18-10-7-11(21-2)14(17)13-12(10)15(19)8-5-3-4-6-9(8)16(13)20/h3-7,18H,17H2,1-2H3. The van der Waals surface area contributed by atoms with E-state index >= 15 is 0 Å². The fourth-order valence-corrected chi connectivity index (χ4v) is 2.66. The molecule has 0 atom stereocenters. The van der Waals surface area contributed by atoms with Crippen molar-refractivity contribution in [1.82, 2.24) is 0 Å². The van der Waals surface area contributed by atoms with Gasteiger partial charge in [0.05, 0.1) is 23.9 Å². The van der Waals surface area contributed by atoms with Gasteiger partial charge in [-0.3, -0.25) is 9.59 Å². The first-order valence-corrected chi connectivity index (χ1v) is 6.46. The third kappa shape index (κ3) is 1.71. The summed E-state index contributed by atoms with van der Waals surface area (Å²) in [6, 6.07) is 8.38. The van der Waals surface area contributed by atoms with Gasteiger partial charge in [-0.1, -0.05) is 24.3 Å². The molecule has 0 spiro atoms. The van der Waals surface area contributed by atoms with E-state index in [9.17, 15) is 9.59 Å². The number of hydrogen-bond acceptors (Lipinski definition) is 5. The Morgan fingerprint density at radius 2 is 1.62 bits per heavy atom. The van der Waals surface area contributed by atoms with Gasteiger partial charge in [-0.05, 0) is 0 Å². The molecule has 0 aliphatic heterocycles. The molecule has 21 heavy (non-hydrogen) atoms. The largest absolute Gasteiger partial charge is 0.494 e. The first kappa shape index (κ1) is 13.2. The van der Waals surface area contributed by atoms with Gasteiger partial charge < -0.3 is 15.8 Å². The van der Waals surface area contributed by atoms with Crippen LogP contribution in [0.15, 0.2) is 30.3 Å². The molecule has 2 aromatic carbocycles. The second-order valence-corrected chi connectivity index (χ2v) is 4.74. The summed E-state index contributed by atoms with van der Waals surface area (Å²) in [5, 5.41) is 2.93. The minimum Gasteiger partial charge on any atom is -0.494 e. The number of nitrogens with two attached hydrogens (primary N) is 1. The number of rotatable bonds is 2. The third-order valence-corrected chi connectivity index (χ3v) is 3.69. The predicted molar refractivity (Wildman–Crippen MR) is 80.3 cm³/mol. The molecule has 106 valence electrons. The van der Waals surface area contributed by atoms with Gasteiger partial charge in [0.1, 0.15) is 5.75 Å². The van der Waals surface area contributed by atoms with Crippen LogP contribution in [0.5, 0.6) is 5.75 Å². The number of hydrogen-bond donors (Lipinski definition) is 2. The van der Waals surface area contributed by atoms with Crippen LogP contribution in [-0.4, -0.2) is 25.7 Å². The maximum Gasteiger partial charge on any atom is 0.196 e. The maximum atomic E-state index is 12.7. The molecule has 1 aliphatic rings. The number of nitrogens with one attached hydrogen (secondary N) is 1. The molecule has 0 heterocycles. The van der Waals surface area contributed by atoms with Gasteiger partial charge in [0.2, 0.25) is 0 Å². The summed E-state index contributed by atoms with van der Waals surface area (Å²) in [6.07, 6.45) is 0. The Labute approximate surface area is 121 Å². The molecule has 0 unspecified atom stereocenters. The number of carbonyl (C=O) groups is 2. The Morgan fingerprint density at radius 3 is 2.14 bits per heavy atom. The molecular weight excluding hydrogens is 268 g/mol. The van der Waals surface area contributed by atoms with Crippen LogP contribution in [0.1, 0.15) is 31.8 Å². The lowest BCUT2D eigenvalue weighted by Gasteiger charge is -2.23. The van der Waals surface area contributed by atoms with Gasteiger partial charge in [-0.25, -0.2) is 0 Å². The molecule has 3 rings (SSSR count). The van der Waals surface area contributed by atoms with Crippen LogP contribution in [0.2, 0.25) is 0 Å². The zero-order valence-corrected chi connectivity index (χ0v) is 11.7. The number of anilines is 2. The number of ether oxygens (including phenoxy) is 1. The van der Waals surface area contributed by atoms with Crippen LogP contribution >= 0.6 is 0 Å². The zero-order valence-electron chi connectivity index (χ0n) is 11.7. The number of fused-ring (bicyclic) bond motifs is 2. The smallest absolute Gasteiger partial charge is 0.196 e. The van der Waals surface area contributed by atoms with Crippen LogP contribution in [-0.2, 0) is 0 Å². The van der Waals surface area contributed by atoms with Crippen molar-refractivity contribution in [2.45, 2.75) is 0 Å². The minimum atomic E-state index is -0.256. The Bertz CT molecular complexity index is 781. The Hall–Kier alpha value is -2.82. The predicted octanol–water partition coefficient (Wildman–Crippen LogP) is 2.09.